The summed E-state index contributed by atoms with van der Waals surface area (Å²) in [6.45, 7) is 1.90. The lowest BCUT2D eigenvalue weighted by Crippen LogP contribution is -2.43. The molecule has 8 heteroatoms. The van der Waals surface area contributed by atoms with Crippen LogP contribution in [-0.2, 0) is 14.4 Å². The van der Waals surface area contributed by atoms with E-state index in [4.69, 9.17) is 10.2 Å². The van der Waals surface area contributed by atoms with Gasteiger partial charge in [0.1, 0.15) is 6.04 Å². The van der Waals surface area contributed by atoms with Crippen LogP contribution in [-0.4, -0.2) is 39.9 Å². The van der Waals surface area contributed by atoms with Crippen LogP contribution in [0.2, 0.25) is 0 Å². The van der Waals surface area contributed by atoms with Crippen LogP contribution in [0.4, 0.5) is 0 Å². The molecule has 0 aromatic heterocycles. The van der Waals surface area contributed by atoms with Gasteiger partial charge in [-0.2, -0.15) is 0 Å². The van der Waals surface area contributed by atoms with Crippen LogP contribution in [0.5, 0.6) is 0 Å². The second kappa shape index (κ2) is 8.04. The van der Waals surface area contributed by atoms with Gasteiger partial charge in [-0.1, -0.05) is 15.9 Å². The summed E-state index contributed by atoms with van der Waals surface area (Å²) in [5.74, 6) is -3.14. The number of carboxylic acid groups (broad SMARTS) is 2. The van der Waals surface area contributed by atoms with Gasteiger partial charge < -0.3 is 15.5 Å². The van der Waals surface area contributed by atoms with Gasteiger partial charge in [0.2, 0.25) is 5.91 Å². The maximum Gasteiger partial charge on any atom is 0.326 e. The average Bonchev–Trinajstić information content (AvgIpc) is 2.36. The molecule has 0 bridgehead atoms. The molecule has 0 spiro atoms. The zero-order valence-electron chi connectivity index (χ0n) is 11.1. The lowest BCUT2D eigenvalue weighted by Gasteiger charge is -2.12. The number of amides is 1. The molecule has 0 unspecified atom stereocenters. The third kappa shape index (κ3) is 6.17. The van der Waals surface area contributed by atoms with Crippen LogP contribution in [0.25, 0.3) is 0 Å². The fraction of sp³-hybridized carbons (Fsp3) is 0.308. The molecule has 0 aliphatic heterocycles. The van der Waals surface area contributed by atoms with Crippen molar-refractivity contribution in [2.45, 2.75) is 24.3 Å². The molecule has 1 rings (SSSR count). The predicted molar refractivity (Wildman–Crippen MR) is 81.4 cm³/mol. The SMILES string of the molecule is Cc1cc(Br)ccc1SCC(=O)N[C@H](CC(=O)O)C(=O)O. The normalized spacial score (nSPS) is 11.7. The standard InChI is InChI=1S/C13H14BrNO5S/c1-7-4-8(14)2-3-10(7)21-6-11(16)15-9(13(19)20)5-12(17)18/h2-4,9H,5-6H2,1H3,(H,15,16)(H,17,18)(H,19,20)/t9-/m1/s1. The molecule has 1 amide bonds. The molecule has 0 fully saturated rings. The van der Waals surface area contributed by atoms with Crippen LogP contribution >= 0.6 is 27.7 Å². The van der Waals surface area contributed by atoms with E-state index < -0.39 is 30.3 Å². The lowest BCUT2D eigenvalue weighted by molar-refractivity contribution is -0.147. The van der Waals surface area contributed by atoms with Crippen molar-refractivity contribution >= 4 is 45.5 Å². The van der Waals surface area contributed by atoms with Crippen LogP contribution in [0, 0.1) is 6.92 Å². The van der Waals surface area contributed by atoms with Crippen molar-refractivity contribution in [3.63, 3.8) is 0 Å². The first-order chi connectivity index (χ1) is 9.79. The number of hydrogen-bond donors (Lipinski definition) is 3. The molecular weight excluding hydrogens is 362 g/mol. The molecule has 1 aromatic carbocycles. The first kappa shape index (κ1) is 17.5. The fourth-order valence-corrected chi connectivity index (χ4v) is 2.83. The largest absolute Gasteiger partial charge is 0.481 e. The smallest absolute Gasteiger partial charge is 0.326 e. The highest BCUT2D eigenvalue weighted by molar-refractivity contribution is 9.10. The maximum absolute atomic E-state index is 11.7. The van der Waals surface area contributed by atoms with Gasteiger partial charge in [0.15, 0.2) is 0 Å². The number of aryl methyl sites for hydroxylation is 1. The number of rotatable bonds is 7. The summed E-state index contributed by atoms with van der Waals surface area (Å²) in [7, 11) is 0. The van der Waals surface area contributed by atoms with E-state index in [1.54, 1.807) is 0 Å². The topological polar surface area (TPSA) is 104 Å². The molecule has 0 radical (unpaired) electrons. The molecule has 1 aromatic rings. The van der Waals surface area contributed by atoms with Crippen molar-refractivity contribution in [3.8, 4) is 0 Å². The highest BCUT2D eigenvalue weighted by atomic mass is 79.9. The molecule has 0 heterocycles. The number of carbonyl (C=O) groups is 3. The van der Waals surface area contributed by atoms with Gasteiger partial charge in [0, 0.05) is 9.37 Å². The fourth-order valence-electron chi connectivity index (χ4n) is 1.53. The van der Waals surface area contributed by atoms with Crippen molar-refractivity contribution in [2.24, 2.45) is 0 Å². The summed E-state index contributed by atoms with van der Waals surface area (Å²) in [5.41, 5.74) is 0.988. The Hall–Kier alpha value is -1.54. The summed E-state index contributed by atoms with van der Waals surface area (Å²) in [6.07, 6.45) is -0.650. The highest BCUT2D eigenvalue weighted by Gasteiger charge is 2.22. The Morgan fingerprint density at radius 3 is 2.52 bits per heavy atom. The van der Waals surface area contributed by atoms with Crippen LogP contribution < -0.4 is 5.32 Å². The predicted octanol–water partition coefficient (Wildman–Crippen LogP) is 1.89. The van der Waals surface area contributed by atoms with Crippen LogP contribution in [0.3, 0.4) is 0 Å². The number of carbonyl (C=O) groups excluding carboxylic acids is 1. The van der Waals surface area contributed by atoms with Crippen molar-refractivity contribution in [1.29, 1.82) is 0 Å². The summed E-state index contributed by atoms with van der Waals surface area (Å²) in [5, 5.41) is 19.6. The first-order valence-corrected chi connectivity index (χ1v) is 7.70. The van der Waals surface area contributed by atoms with Crippen molar-refractivity contribution in [2.75, 3.05) is 5.75 Å². The van der Waals surface area contributed by atoms with Crippen LogP contribution in [0.1, 0.15) is 12.0 Å². The number of hydrogen-bond acceptors (Lipinski definition) is 4. The van der Waals surface area contributed by atoms with Gasteiger partial charge in [0.05, 0.1) is 12.2 Å². The molecule has 21 heavy (non-hydrogen) atoms. The molecule has 0 aliphatic carbocycles. The third-order valence-electron chi connectivity index (χ3n) is 2.51. The van der Waals surface area contributed by atoms with E-state index in [1.165, 1.54) is 11.8 Å². The molecule has 6 nitrogen and oxygen atoms in total. The van der Waals surface area contributed by atoms with E-state index in [-0.39, 0.29) is 5.75 Å². The number of benzene rings is 1. The minimum atomic E-state index is -1.42. The van der Waals surface area contributed by atoms with Gasteiger partial charge in [-0.25, -0.2) is 4.79 Å². The summed E-state index contributed by atoms with van der Waals surface area (Å²) in [4.78, 5) is 34.0. The second-order valence-electron chi connectivity index (χ2n) is 4.25. The van der Waals surface area contributed by atoms with E-state index in [1.807, 2.05) is 25.1 Å². The van der Waals surface area contributed by atoms with Gasteiger partial charge in [-0.15, -0.1) is 11.8 Å². The van der Waals surface area contributed by atoms with E-state index in [0.717, 1.165) is 14.9 Å². The Morgan fingerprint density at radius 2 is 2.00 bits per heavy atom. The molecule has 3 N–H and O–H groups in total. The molecule has 0 aliphatic rings. The third-order valence-corrected chi connectivity index (χ3v) is 4.18. The van der Waals surface area contributed by atoms with E-state index in [2.05, 4.69) is 21.2 Å². The molecule has 114 valence electrons. The molecule has 0 saturated heterocycles. The number of aliphatic carboxylic acids is 2. The lowest BCUT2D eigenvalue weighted by atomic mass is 10.2. The molecular formula is C13H14BrNO5S. The number of carboxylic acids is 2. The minimum Gasteiger partial charge on any atom is -0.481 e. The maximum atomic E-state index is 11.7. The van der Waals surface area contributed by atoms with Gasteiger partial charge in [-0.3, -0.25) is 9.59 Å². The summed E-state index contributed by atoms with van der Waals surface area (Å²) >= 11 is 4.60. The average molecular weight is 376 g/mol. The summed E-state index contributed by atoms with van der Waals surface area (Å²) < 4.78 is 0.932. The van der Waals surface area contributed by atoms with Gasteiger partial charge >= 0.3 is 11.9 Å². The first-order valence-electron chi connectivity index (χ1n) is 5.92. The van der Waals surface area contributed by atoms with Crippen molar-refractivity contribution in [3.05, 3.63) is 28.2 Å². The van der Waals surface area contributed by atoms with Crippen molar-refractivity contribution in [1.82, 2.24) is 5.32 Å². The van der Waals surface area contributed by atoms with E-state index >= 15 is 0 Å². The Labute approximate surface area is 134 Å². The van der Waals surface area contributed by atoms with E-state index in [9.17, 15) is 14.4 Å². The highest BCUT2D eigenvalue weighted by Crippen LogP contribution is 2.25. The number of nitrogens with one attached hydrogen (secondary N) is 1. The van der Waals surface area contributed by atoms with Gasteiger partial charge in [-0.05, 0) is 30.7 Å². The number of halogens is 1. The Balaban J connectivity index is 2.56. The zero-order valence-corrected chi connectivity index (χ0v) is 13.5. The molecule has 0 saturated carbocycles. The Morgan fingerprint density at radius 1 is 1.33 bits per heavy atom. The van der Waals surface area contributed by atoms with Crippen LogP contribution in [0.15, 0.2) is 27.6 Å². The van der Waals surface area contributed by atoms with E-state index in [0.29, 0.717) is 0 Å². The van der Waals surface area contributed by atoms with Gasteiger partial charge in [0.25, 0.3) is 0 Å². The Bertz CT molecular complexity index is 563. The monoisotopic (exact) mass is 375 g/mol. The zero-order chi connectivity index (χ0) is 16.0. The Kier molecular flexibility index (Phi) is 6.70. The minimum absolute atomic E-state index is 0.0197. The molecule has 1 atom stereocenters. The van der Waals surface area contributed by atoms with Crippen molar-refractivity contribution < 1.29 is 24.6 Å². The number of thioether (sulfide) groups is 1. The second-order valence-corrected chi connectivity index (χ2v) is 6.19. The quantitative estimate of drug-likeness (QED) is 0.628. The summed E-state index contributed by atoms with van der Waals surface area (Å²) in [6, 6.07) is 4.19.